The summed E-state index contributed by atoms with van der Waals surface area (Å²) in [6.45, 7) is 0. The molecule has 10 rings (SSSR count). The van der Waals surface area contributed by atoms with E-state index >= 15 is 0 Å². The third kappa shape index (κ3) is 6.51. The van der Waals surface area contributed by atoms with Gasteiger partial charge in [-0.3, -0.25) is 9.98 Å². The number of hydrogen-bond donors (Lipinski definition) is 0. The summed E-state index contributed by atoms with van der Waals surface area (Å²) in [7, 11) is 0. The van der Waals surface area contributed by atoms with Gasteiger partial charge in [0, 0.05) is 33.0 Å². The van der Waals surface area contributed by atoms with Crippen molar-refractivity contribution < 1.29 is 0 Å². The third-order valence-corrected chi connectivity index (χ3v) is 11.6. The van der Waals surface area contributed by atoms with Crippen LogP contribution in [0, 0.1) is 0 Å². The molecule has 2 heterocycles. The Morgan fingerprint density at radius 2 is 0.821 bits per heavy atom. The number of fused-ring (bicyclic) bond motifs is 4. The fraction of sp³-hybridized carbons (Fsp3) is 0.154. The number of aryl methyl sites for hydroxylation is 2. The van der Waals surface area contributed by atoms with Crippen molar-refractivity contribution >= 4 is 45.6 Å². The molecule has 0 fully saturated rings. The summed E-state index contributed by atoms with van der Waals surface area (Å²) in [5, 5.41) is 2.24. The SMILES string of the molecule is C(=Nc1c(-c2ccccc2)cc2c(c1-c1c3c(cc(-c4ccccc4)c1N=Cc1ccc4ccccc4n1)CCCC3)CCCC2)c1ccc2ccccc2n1. The van der Waals surface area contributed by atoms with Crippen LogP contribution in [0.5, 0.6) is 0 Å². The molecule has 270 valence electrons. The van der Waals surface area contributed by atoms with E-state index in [1.165, 1.54) is 57.3 Å². The highest BCUT2D eigenvalue weighted by Gasteiger charge is 2.29. The lowest BCUT2D eigenvalue weighted by atomic mass is 9.76. The molecule has 0 unspecified atom stereocenters. The van der Waals surface area contributed by atoms with E-state index in [4.69, 9.17) is 20.0 Å². The Hall–Kier alpha value is -6.52. The second-order valence-corrected chi connectivity index (χ2v) is 15.1. The van der Waals surface area contributed by atoms with Crippen LogP contribution in [0.25, 0.3) is 55.2 Å². The number of para-hydroxylation sites is 2. The lowest BCUT2D eigenvalue weighted by Crippen LogP contribution is -2.10. The molecule has 2 aromatic heterocycles. The zero-order chi connectivity index (χ0) is 37.3. The summed E-state index contributed by atoms with van der Waals surface area (Å²) in [6, 6.07) is 51.5. The number of benzene rings is 6. The second-order valence-electron chi connectivity index (χ2n) is 15.1. The quantitative estimate of drug-likeness (QED) is 0.154. The van der Waals surface area contributed by atoms with Gasteiger partial charge in [-0.05, 0) is 121 Å². The minimum Gasteiger partial charge on any atom is -0.253 e. The Balaban J connectivity index is 1.29. The highest BCUT2D eigenvalue weighted by Crippen LogP contribution is 2.53. The number of pyridine rings is 2. The van der Waals surface area contributed by atoms with Gasteiger partial charge in [0.05, 0.1) is 46.2 Å². The maximum absolute atomic E-state index is 5.54. The molecular formula is C52H42N4. The van der Waals surface area contributed by atoms with Crippen LogP contribution in [0.1, 0.15) is 59.3 Å². The van der Waals surface area contributed by atoms with E-state index in [0.717, 1.165) is 94.2 Å². The minimum atomic E-state index is 0.840. The van der Waals surface area contributed by atoms with Crippen LogP contribution in [0.4, 0.5) is 11.4 Å². The van der Waals surface area contributed by atoms with Crippen molar-refractivity contribution in [1.82, 2.24) is 9.97 Å². The van der Waals surface area contributed by atoms with Gasteiger partial charge in [-0.25, -0.2) is 9.97 Å². The summed E-state index contributed by atoms with van der Waals surface area (Å²) in [5.74, 6) is 0. The number of hydrogen-bond acceptors (Lipinski definition) is 4. The van der Waals surface area contributed by atoms with E-state index in [1.807, 2.05) is 24.6 Å². The number of rotatable bonds is 7. The van der Waals surface area contributed by atoms with Gasteiger partial charge < -0.3 is 0 Å². The molecule has 0 saturated carbocycles. The summed E-state index contributed by atoms with van der Waals surface area (Å²) < 4.78 is 0. The average Bonchev–Trinajstić information content (AvgIpc) is 3.27. The molecule has 0 saturated heterocycles. The molecule has 0 aliphatic heterocycles. The Labute approximate surface area is 328 Å². The van der Waals surface area contributed by atoms with E-state index in [1.54, 1.807) is 0 Å². The monoisotopic (exact) mass is 722 g/mol. The Morgan fingerprint density at radius 1 is 0.411 bits per heavy atom. The van der Waals surface area contributed by atoms with Gasteiger partial charge in [0.15, 0.2) is 0 Å². The van der Waals surface area contributed by atoms with Crippen LogP contribution in [0.2, 0.25) is 0 Å². The first-order valence-corrected chi connectivity index (χ1v) is 20.1. The van der Waals surface area contributed by atoms with Gasteiger partial charge in [0.25, 0.3) is 0 Å². The zero-order valence-electron chi connectivity index (χ0n) is 31.5. The summed E-state index contributed by atoms with van der Waals surface area (Å²) in [5.41, 5.74) is 18.4. The highest BCUT2D eigenvalue weighted by atomic mass is 14.8. The Bertz CT molecular complexity index is 2610. The van der Waals surface area contributed by atoms with Gasteiger partial charge in [-0.1, -0.05) is 109 Å². The smallest absolute Gasteiger partial charge is 0.0820 e. The molecule has 6 aromatic carbocycles. The molecule has 8 aromatic rings. The van der Waals surface area contributed by atoms with Gasteiger partial charge in [0.2, 0.25) is 0 Å². The van der Waals surface area contributed by atoms with E-state index < -0.39 is 0 Å². The van der Waals surface area contributed by atoms with E-state index in [2.05, 4.69) is 133 Å². The summed E-state index contributed by atoms with van der Waals surface area (Å²) in [4.78, 5) is 21.1. The zero-order valence-corrected chi connectivity index (χ0v) is 31.5. The predicted molar refractivity (Wildman–Crippen MR) is 234 cm³/mol. The van der Waals surface area contributed by atoms with Gasteiger partial charge in [0.1, 0.15) is 0 Å². The van der Waals surface area contributed by atoms with Crippen LogP contribution < -0.4 is 0 Å². The minimum absolute atomic E-state index is 0.840. The molecule has 0 radical (unpaired) electrons. The summed E-state index contributed by atoms with van der Waals surface area (Å²) in [6.07, 6.45) is 12.8. The first-order valence-electron chi connectivity index (χ1n) is 20.1. The molecule has 0 amide bonds. The van der Waals surface area contributed by atoms with Crippen LogP contribution in [-0.4, -0.2) is 22.4 Å². The number of nitrogens with zero attached hydrogens (tertiary/aromatic N) is 4. The van der Waals surface area contributed by atoms with Crippen molar-refractivity contribution in [3.05, 3.63) is 179 Å². The fourth-order valence-corrected chi connectivity index (χ4v) is 8.84. The number of aromatic nitrogens is 2. The lowest BCUT2D eigenvalue weighted by Gasteiger charge is -2.29. The van der Waals surface area contributed by atoms with Crippen molar-refractivity contribution in [2.45, 2.75) is 51.4 Å². The first-order chi connectivity index (χ1) is 27.8. The molecule has 4 heteroatoms. The predicted octanol–water partition coefficient (Wildman–Crippen LogP) is 13.0. The average molecular weight is 723 g/mol. The van der Waals surface area contributed by atoms with Crippen LogP contribution in [-0.2, 0) is 25.7 Å². The molecular weight excluding hydrogens is 681 g/mol. The molecule has 56 heavy (non-hydrogen) atoms. The van der Waals surface area contributed by atoms with Crippen molar-refractivity contribution in [2.75, 3.05) is 0 Å². The van der Waals surface area contributed by atoms with Crippen LogP contribution in [0.3, 0.4) is 0 Å². The number of aliphatic imine (C=N–C) groups is 2. The molecule has 2 aliphatic rings. The lowest BCUT2D eigenvalue weighted by molar-refractivity contribution is 0.682. The van der Waals surface area contributed by atoms with Gasteiger partial charge >= 0.3 is 0 Å². The Kier molecular flexibility index (Phi) is 9.08. The van der Waals surface area contributed by atoms with Gasteiger partial charge in [-0.2, -0.15) is 0 Å². The van der Waals surface area contributed by atoms with Crippen LogP contribution >= 0.6 is 0 Å². The molecule has 0 spiro atoms. The van der Waals surface area contributed by atoms with E-state index in [-0.39, 0.29) is 0 Å². The second kappa shape index (κ2) is 15.0. The summed E-state index contributed by atoms with van der Waals surface area (Å²) >= 11 is 0. The maximum Gasteiger partial charge on any atom is 0.0820 e. The molecule has 0 bridgehead atoms. The topological polar surface area (TPSA) is 50.5 Å². The highest BCUT2D eigenvalue weighted by molar-refractivity contribution is 6.03. The fourth-order valence-electron chi connectivity index (χ4n) is 8.84. The molecule has 0 atom stereocenters. The third-order valence-electron chi connectivity index (χ3n) is 11.6. The van der Waals surface area contributed by atoms with Crippen molar-refractivity contribution in [3.8, 4) is 33.4 Å². The Morgan fingerprint density at radius 3 is 1.29 bits per heavy atom. The van der Waals surface area contributed by atoms with E-state index in [0.29, 0.717) is 0 Å². The molecule has 2 aliphatic carbocycles. The largest absolute Gasteiger partial charge is 0.253 e. The standard InChI is InChI=1S/C52H42N4/c1-3-15-35(16-4-1)45-31-39-21-7-11-23-43(39)49(51(45)53-33-41-29-27-37-19-9-13-25-47(37)55-41)50-44-24-12-8-22-40(44)32-46(36-17-5-2-6-18-36)52(50)54-34-42-30-28-38-20-10-14-26-48(38)56-42/h1-6,9-10,13-20,25-34H,7-8,11-12,21-24H2. The van der Waals surface area contributed by atoms with Gasteiger partial charge in [-0.15, -0.1) is 0 Å². The van der Waals surface area contributed by atoms with Crippen molar-refractivity contribution in [1.29, 1.82) is 0 Å². The first kappa shape index (κ1) is 34.0. The maximum atomic E-state index is 5.54. The van der Waals surface area contributed by atoms with E-state index in [9.17, 15) is 0 Å². The van der Waals surface area contributed by atoms with Crippen molar-refractivity contribution in [3.63, 3.8) is 0 Å². The van der Waals surface area contributed by atoms with Crippen LogP contribution in [0.15, 0.2) is 156 Å². The normalized spacial score (nSPS) is 14.1. The van der Waals surface area contributed by atoms with Crippen molar-refractivity contribution in [2.24, 2.45) is 9.98 Å². The molecule has 0 N–H and O–H groups in total. The molecule has 4 nitrogen and oxygen atoms in total.